The predicted octanol–water partition coefficient (Wildman–Crippen LogP) is 1.93. The minimum Gasteiger partial charge on any atom is -0.356 e. The number of rotatable bonds is 5. The molecule has 4 heterocycles. The standard InChI is InChI=1S/C17H21N7OS/c1-11-14(26-12(2)22-11)17(25)18-5-8-24-16-13(9-21-24)15(19-10-20-16)23-6-3-4-7-23/h9-10H,3-8H2,1-2H3,(H,18,25). The van der Waals surface area contributed by atoms with Crippen LogP contribution in [0.3, 0.4) is 0 Å². The van der Waals surface area contributed by atoms with E-state index in [1.54, 1.807) is 6.33 Å². The monoisotopic (exact) mass is 371 g/mol. The average Bonchev–Trinajstić information content (AvgIpc) is 3.35. The predicted molar refractivity (Wildman–Crippen MR) is 101 cm³/mol. The summed E-state index contributed by atoms with van der Waals surface area (Å²) in [5, 5.41) is 9.25. The van der Waals surface area contributed by atoms with Crippen LogP contribution in [0.25, 0.3) is 11.0 Å². The molecule has 1 saturated heterocycles. The number of carbonyl (C=O) groups excluding carboxylic acids is 1. The summed E-state index contributed by atoms with van der Waals surface area (Å²) >= 11 is 1.42. The van der Waals surface area contributed by atoms with E-state index in [-0.39, 0.29) is 5.91 Å². The molecule has 1 aliphatic heterocycles. The molecule has 0 unspecified atom stereocenters. The number of fused-ring (bicyclic) bond motifs is 1. The number of aryl methyl sites for hydroxylation is 2. The first-order valence-electron chi connectivity index (χ1n) is 8.77. The molecular formula is C17H21N7OS. The van der Waals surface area contributed by atoms with Gasteiger partial charge in [0.05, 0.1) is 28.8 Å². The van der Waals surface area contributed by atoms with Crippen molar-refractivity contribution in [3.8, 4) is 0 Å². The molecule has 4 rings (SSSR count). The molecule has 136 valence electrons. The van der Waals surface area contributed by atoms with Gasteiger partial charge in [-0.15, -0.1) is 11.3 Å². The van der Waals surface area contributed by atoms with Crippen molar-refractivity contribution < 1.29 is 4.79 Å². The number of nitrogens with one attached hydrogen (secondary N) is 1. The summed E-state index contributed by atoms with van der Waals surface area (Å²) in [6.07, 6.45) is 5.81. The summed E-state index contributed by atoms with van der Waals surface area (Å²) in [7, 11) is 0. The Hall–Kier alpha value is -2.55. The molecule has 1 aliphatic rings. The van der Waals surface area contributed by atoms with E-state index in [4.69, 9.17) is 0 Å². The highest BCUT2D eigenvalue weighted by Gasteiger charge is 2.19. The first kappa shape index (κ1) is 16.9. The molecule has 3 aromatic rings. The lowest BCUT2D eigenvalue weighted by Crippen LogP contribution is -2.27. The van der Waals surface area contributed by atoms with Gasteiger partial charge < -0.3 is 10.2 Å². The number of hydrogen-bond donors (Lipinski definition) is 1. The van der Waals surface area contributed by atoms with Gasteiger partial charge in [-0.25, -0.2) is 19.6 Å². The summed E-state index contributed by atoms with van der Waals surface area (Å²) in [5.41, 5.74) is 1.58. The van der Waals surface area contributed by atoms with Gasteiger partial charge in [-0.3, -0.25) is 4.79 Å². The summed E-state index contributed by atoms with van der Waals surface area (Å²) in [5.74, 6) is 0.871. The van der Waals surface area contributed by atoms with Crippen LogP contribution in [0.1, 0.15) is 33.2 Å². The van der Waals surface area contributed by atoms with Crippen LogP contribution < -0.4 is 10.2 Å². The van der Waals surface area contributed by atoms with Crippen molar-refractivity contribution >= 4 is 34.1 Å². The molecule has 3 aromatic heterocycles. The van der Waals surface area contributed by atoms with Crippen molar-refractivity contribution in [1.82, 2.24) is 30.0 Å². The second kappa shape index (κ2) is 6.99. The Morgan fingerprint density at radius 1 is 1.27 bits per heavy atom. The topological polar surface area (TPSA) is 88.8 Å². The lowest BCUT2D eigenvalue weighted by atomic mass is 10.3. The largest absolute Gasteiger partial charge is 0.356 e. The SMILES string of the molecule is Cc1nc(C)c(C(=O)NCCn2ncc3c(N4CCCC4)ncnc32)s1. The highest BCUT2D eigenvalue weighted by Crippen LogP contribution is 2.25. The van der Waals surface area contributed by atoms with Crippen LogP contribution in [0.4, 0.5) is 5.82 Å². The quantitative estimate of drug-likeness (QED) is 0.737. The highest BCUT2D eigenvalue weighted by atomic mass is 32.1. The Morgan fingerprint density at radius 2 is 2.08 bits per heavy atom. The van der Waals surface area contributed by atoms with Gasteiger partial charge in [0.1, 0.15) is 17.0 Å². The molecule has 0 radical (unpaired) electrons. The van der Waals surface area contributed by atoms with E-state index in [9.17, 15) is 4.79 Å². The molecule has 0 atom stereocenters. The zero-order chi connectivity index (χ0) is 18.1. The maximum absolute atomic E-state index is 12.3. The molecule has 1 N–H and O–H groups in total. The Balaban J connectivity index is 1.45. The number of aromatic nitrogens is 5. The molecule has 0 spiro atoms. The fraction of sp³-hybridized carbons (Fsp3) is 0.471. The summed E-state index contributed by atoms with van der Waals surface area (Å²) in [4.78, 5) is 28.4. The van der Waals surface area contributed by atoms with Gasteiger partial charge in [-0.05, 0) is 26.7 Å². The first-order chi connectivity index (χ1) is 12.6. The van der Waals surface area contributed by atoms with E-state index < -0.39 is 0 Å². The van der Waals surface area contributed by atoms with E-state index in [1.165, 1.54) is 24.2 Å². The summed E-state index contributed by atoms with van der Waals surface area (Å²) < 4.78 is 1.82. The lowest BCUT2D eigenvalue weighted by molar-refractivity contribution is 0.0955. The number of anilines is 1. The molecule has 1 amide bonds. The Morgan fingerprint density at radius 3 is 2.81 bits per heavy atom. The third kappa shape index (κ3) is 3.14. The third-order valence-electron chi connectivity index (χ3n) is 4.54. The van der Waals surface area contributed by atoms with E-state index in [2.05, 4.69) is 30.3 Å². The molecule has 8 nitrogen and oxygen atoms in total. The summed E-state index contributed by atoms with van der Waals surface area (Å²) in [6.45, 7) is 6.86. The number of nitrogens with zero attached hydrogens (tertiary/aromatic N) is 6. The van der Waals surface area contributed by atoms with Crippen LogP contribution in [0.15, 0.2) is 12.5 Å². The van der Waals surface area contributed by atoms with E-state index in [0.717, 1.165) is 40.6 Å². The van der Waals surface area contributed by atoms with Crippen LogP contribution in [-0.4, -0.2) is 50.3 Å². The zero-order valence-electron chi connectivity index (χ0n) is 14.9. The maximum atomic E-state index is 12.3. The van der Waals surface area contributed by atoms with Crippen LogP contribution in [-0.2, 0) is 6.54 Å². The fourth-order valence-electron chi connectivity index (χ4n) is 3.32. The number of thiazole rings is 1. The Bertz CT molecular complexity index is 942. The minimum atomic E-state index is -0.0862. The number of carbonyl (C=O) groups is 1. The van der Waals surface area contributed by atoms with E-state index in [0.29, 0.717) is 18.0 Å². The highest BCUT2D eigenvalue weighted by molar-refractivity contribution is 7.13. The third-order valence-corrected chi connectivity index (χ3v) is 5.61. The second-order valence-electron chi connectivity index (χ2n) is 6.40. The molecule has 0 aromatic carbocycles. The Kier molecular flexibility index (Phi) is 4.54. The lowest BCUT2D eigenvalue weighted by Gasteiger charge is -2.16. The van der Waals surface area contributed by atoms with Gasteiger partial charge in [0, 0.05) is 19.6 Å². The van der Waals surface area contributed by atoms with Crippen molar-refractivity contribution in [3.05, 3.63) is 28.1 Å². The normalized spacial score (nSPS) is 14.3. The molecule has 0 bridgehead atoms. The molecule has 0 saturated carbocycles. The molecule has 26 heavy (non-hydrogen) atoms. The van der Waals surface area contributed by atoms with Crippen LogP contribution in [0.5, 0.6) is 0 Å². The maximum Gasteiger partial charge on any atom is 0.263 e. The van der Waals surface area contributed by atoms with Gasteiger partial charge in [-0.1, -0.05) is 0 Å². The molecule has 1 fully saturated rings. The average molecular weight is 371 g/mol. The van der Waals surface area contributed by atoms with Crippen molar-refractivity contribution in [2.75, 3.05) is 24.5 Å². The van der Waals surface area contributed by atoms with Gasteiger partial charge in [0.15, 0.2) is 5.65 Å². The van der Waals surface area contributed by atoms with Crippen molar-refractivity contribution in [1.29, 1.82) is 0 Å². The summed E-state index contributed by atoms with van der Waals surface area (Å²) in [6, 6.07) is 0. The smallest absolute Gasteiger partial charge is 0.263 e. The van der Waals surface area contributed by atoms with E-state index >= 15 is 0 Å². The molecular weight excluding hydrogens is 350 g/mol. The number of hydrogen-bond acceptors (Lipinski definition) is 7. The van der Waals surface area contributed by atoms with Gasteiger partial charge in [-0.2, -0.15) is 5.10 Å². The van der Waals surface area contributed by atoms with Crippen molar-refractivity contribution in [2.45, 2.75) is 33.2 Å². The van der Waals surface area contributed by atoms with Crippen molar-refractivity contribution in [2.24, 2.45) is 0 Å². The minimum absolute atomic E-state index is 0.0862. The first-order valence-corrected chi connectivity index (χ1v) is 9.59. The van der Waals surface area contributed by atoms with Crippen LogP contribution >= 0.6 is 11.3 Å². The van der Waals surface area contributed by atoms with Crippen LogP contribution in [0.2, 0.25) is 0 Å². The molecule has 9 heteroatoms. The zero-order valence-corrected chi connectivity index (χ0v) is 15.7. The van der Waals surface area contributed by atoms with E-state index in [1.807, 2.05) is 24.7 Å². The molecule has 0 aliphatic carbocycles. The number of amides is 1. The second-order valence-corrected chi connectivity index (χ2v) is 7.60. The van der Waals surface area contributed by atoms with Gasteiger partial charge in [0.2, 0.25) is 0 Å². The fourth-order valence-corrected chi connectivity index (χ4v) is 4.16. The van der Waals surface area contributed by atoms with Crippen LogP contribution in [0, 0.1) is 13.8 Å². The van der Waals surface area contributed by atoms with Crippen molar-refractivity contribution in [3.63, 3.8) is 0 Å². The van der Waals surface area contributed by atoms with Gasteiger partial charge in [0.25, 0.3) is 5.91 Å². The Labute approximate surface area is 155 Å². The van der Waals surface area contributed by atoms with Gasteiger partial charge >= 0.3 is 0 Å².